The molecule has 14 heavy (non-hydrogen) atoms. The van der Waals surface area contributed by atoms with E-state index in [0.717, 1.165) is 0 Å². The summed E-state index contributed by atoms with van der Waals surface area (Å²) < 4.78 is 0. The Hall–Kier alpha value is 0.898. The summed E-state index contributed by atoms with van der Waals surface area (Å²) in [6.07, 6.45) is 8.43. The van der Waals surface area contributed by atoms with Crippen LogP contribution in [0, 0.1) is 0 Å². The maximum Gasteiger partial charge on any atom is 2.00 e. The van der Waals surface area contributed by atoms with Crippen molar-refractivity contribution in [1.82, 2.24) is 10.6 Å². The first-order valence-electron chi connectivity index (χ1n) is 5.41. The average molecular weight is 401 g/mol. The monoisotopic (exact) mass is 400 g/mol. The Labute approximate surface area is 109 Å². The van der Waals surface area contributed by atoms with E-state index in [9.17, 15) is 0 Å². The molecule has 0 aliphatic carbocycles. The summed E-state index contributed by atoms with van der Waals surface area (Å²) in [6.45, 7) is 5.00. The minimum atomic E-state index is 0. The quantitative estimate of drug-likeness (QED) is 0.518. The molecule has 0 amide bonds. The third-order valence-electron chi connectivity index (χ3n) is 2.41. The van der Waals surface area contributed by atoms with Gasteiger partial charge in [0.1, 0.15) is 0 Å². The molecule has 2 fully saturated rings. The summed E-state index contributed by atoms with van der Waals surface area (Å²) in [7, 11) is 0. The predicted molar refractivity (Wildman–Crippen MR) is 53.4 cm³/mol. The third kappa shape index (κ3) is 11.0. The van der Waals surface area contributed by atoms with E-state index in [2.05, 4.69) is 10.6 Å². The second-order valence-corrected chi connectivity index (χ2v) is 3.62. The zero-order valence-corrected chi connectivity index (χ0v) is 11.8. The molecule has 0 saturated carbocycles. The van der Waals surface area contributed by atoms with Crippen molar-refractivity contribution in [3.63, 3.8) is 0 Å². The molecule has 0 radical (unpaired) electrons. The van der Waals surface area contributed by atoms with Crippen molar-refractivity contribution in [1.29, 1.82) is 0 Å². The Balaban J connectivity index is 0. The number of hydrogen-bond donors (Lipinski definition) is 2. The van der Waals surface area contributed by atoms with Gasteiger partial charge in [-0.2, -0.15) is 0 Å². The molecule has 0 atom stereocenters. The van der Waals surface area contributed by atoms with E-state index in [1.807, 2.05) is 0 Å². The van der Waals surface area contributed by atoms with Crippen LogP contribution in [-0.4, -0.2) is 26.2 Å². The van der Waals surface area contributed by atoms with E-state index in [-0.39, 0.29) is 33.5 Å². The maximum absolute atomic E-state index is 3.28. The van der Waals surface area contributed by atoms with Crippen LogP contribution in [0.15, 0.2) is 0 Å². The van der Waals surface area contributed by atoms with Crippen molar-refractivity contribution in [2.24, 2.45) is 0 Å². The van der Waals surface area contributed by atoms with Crippen LogP contribution in [-0.2, 0) is 21.1 Å². The molecule has 4 heteroatoms. The molecule has 2 aliphatic heterocycles. The number of halogens is 1. The summed E-state index contributed by atoms with van der Waals surface area (Å²) in [4.78, 5) is 0. The van der Waals surface area contributed by atoms with Gasteiger partial charge in [0.2, 0.25) is 0 Å². The first-order chi connectivity index (χ1) is 6.00. The SMILES string of the molecule is C1CCNCC1.C1CCNCC1.[Cl-].[Pt+2]. The molecule has 0 spiro atoms. The summed E-state index contributed by atoms with van der Waals surface area (Å²) in [5.74, 6) is 0. The van der Waals surface area contributed by atoms with Crippen molar-refractivity contribution in [2.45, 2.75) is 38.5 Å². The van der Waals surface area contributed by atoms with Crippen LogP contribution in [0.4, 0.5) is 0 Å². The van der Waals surface area contributed by atoms with Gasteiger partial charge in [0.05, 0.1) is 0 Å². The normalized spacial score (nSPS) is 20.6. The Bertz CT molecular complexity index is 61.1. The molecule has 2 rings (SSSR count). The Kier molecular flexibility index (Phi) is 17.2. The number of rotatable bonds is 0. The topological polar surface area (TPSA) is 24.1 Å². The van der Waals surface area contributed by atoms with Gasteiger partial charge < -0.3 is 23.0 Å². The minimum Gasteiger partial charge on any atom is -1.00 e. The standard InChI is InChI=1S/2C5H11N.ClH.Pt/c2*1-2-4-6-5-3-1;;/h2*6H,1-5H2;1H;/q;;;+2/p-1. The number of piperidine rings is 2. The van der Waals surface area contributed by atoms with Crippen LogP contribution in [0.3, 0.4) is 0 Å². The van der Waals surface area contributed by atoms with Crippen molar-refractivity contribution in [2.75, 3.05) is 26.2 Å². The van der Waals surface area contributed by atoms with Crippen LogP contribution in [0.5, 0.6) is 0 Å². The van der Waals surface area contributed by atoms with E-state index in [0.29, 0.717) is 0 Å². The smallest absolute Gasteiger partial charge is 1.00 e. The first-order valence-corrected chi connectivity index (χ1v) is 5.41. The zero-order valence-electron chi connectivity index (χ0n) is 8.77. The molecule has 2 nitrogen and oxygen atoms in total. The van der Waals surface area contributed by atoms with Gasteiger partial charge in [0.25, 0.3) is 0 Å². The van der Waals surface area contributed by atoms with E-state index in [4.69, 9.17) is 0 Å². The molecule has 2 aliphatic rings. The van der Waals surface area contributed by atoms with E-state index in [1.165, 1.54) is 64.7 Å². The molecule has 0 aromatic rings. The fourth-order valence-electron chi connectivity index (χ4n) is 1.60. The van der Waals surface area contributed by atoms with Crippen molar-refractivity contribution in [3.8, 4) is 0 Å². The summed E-state index contributed by atoms with van der Waals surface area (Å²) in [5, 5.41) is 6.57. The molecule has 2 saturated heterocycles. The molecule has 0 bridgehead atoms. The average Bonchev–Trinajstić information content (AvgIpc) is 2.24. The fraction of sp³-hybridized carbons (Fsp3) is 1.00. The van der Waals surface area contributed by atoms with Gasteiger partial charge in [0, 0.05) is 0 Å². The molecular formula is C10H22ClN2Pt+. The number of hydrogen-bond acceptors (Lipinski definition) is 2. The van der Waals surface area contributed by atoms with E-state index >= 15 is 0 Å². The van der Waals surface area contributed by atoms with Crippen LogP contribution in [0.25, 0.3) is 0 Å². The molecule has 88 valence electrons. The second kappa shape index (κ2) is 13.9. The third-order valence-corrected chi connectivity index (χ3v) is 2.41. The van der Waals surface area contributed by atoms with Gasteiger partial charge in [-0.3, -0.25) is 0 Å². The molecule has 0 aromatic carbocycles. The van der Waals surface area contributed by atoms with Gasteiger partial charge in [0.15, 0.2) is 0 Å². The van der Waals surface area contributed by atoms with Crippen LogP contribution >= 0.6 is 0 Å². The second-order valence-electron chi connectivity index (χ2n) is 3.62. The summed E-state index contributed by atoms with van der Waals surface area (Å²) >= 11 is 0. The molecule has 2 heterocycles. The summed E-state index contributed by atoms with van der Waals surface area (Å²) in [5.41, 5.74) is 0. The van der Waals surface area contributed by atoms with E-state index in [1.54, 1.807) is 0 Å². The van der Waals surface area contributed by atoms with Gasteiger partial charge in [-0.05, 0) is 51.9 Å². The van der Waals surface area contributed by atoms with Gasteiger partial charge in [-0.15, -0.1) is 0 Å². The van der Waals surface area contributed by atoms with Crippen molar-refractivity contribution < 1.29 is 33.5 Å². The van der Waals surface area contributed by atoms with Gasteiger partial charge in [-0.1, -0.05) is 12.8 Å². The molecule has 2 N–H and O–H groups in total. The fourth-order valence-corrected chi connectivity index (χ4v) is 1.60. The Morgan fingerprint density at radius 3 is 0.857 bits per heavy atom. The maximum atomic E-state index is 3.28. The van der Waals surface area contributed by atoms with E-state index < -0.39 is 0 Å². The van der Waals surface area contributed by atoms with Crippen molar-refractivity contribution in [3.05, 3.63) is 0 Å². The van der Waals surface area contributed by atoms with Gasteiger partial charge >= 0.3 is 21.1 Å². The minimum absolute atomic E-state index is 0. The largest absolute Gasteiger partial charge is 2.00 e. The first kappa shape index (κ1) is 17.3. The Morgan fingerprint density at radius 2 is 0.786 bits per heavy atom. The van der Waals surface area contributed by atoms with Crippen molar-refractivity contribution >= 4 is 0 Å². The zero-order chi connectivity index (χ0) is 8.49. The molecule has 0 aromatic heterocycles. The summed E-state index contributed by atoms with van der Waals surface area (Å²) in [6, 6.07) is 0. The van der Waals surface area contributed by atoms with Gasteiger partial charge in [-0.25, -0.2) is 0 Å². The molecular weight excluding hydrogens is 379 g/mol. The van der Waals surface area contributed by atoms with Crippen LogP contribution in [0.2, 0.25) is 0 Å². The Morgan fingerprint density at radius 1 is 0.500 bits per heavy atom. The molecule has 0 unspecified atom stereocenters. The van der Waals surface area contributed by atoms with Crippen LogP contribution < -0.4 is 23.0 Å². The number of nitrogens with one attached hydrogen (secondary N) is 2. The van der Waals surface area contributed by atoms with Crippen LogP contribution in [0.1, 0.15) is 38.5 Å². The predicted octanol–water partition coefficient (Wildman–Crippen LogP) is -1.48.